The fourth-order valence-corrected chi connectivity index (χ4v) is 3.96. The molecule has 0 atom stereocenters. The lowest BCUT2D eigenvalue weighted by molar-refractivity contribution is 0.242. The van der Waals surface area contributed by atoms with Gasteiger partial charge in [-0.15, -0.1) is 0 Å². The van der Waals surface area contributed by atoms with Gasteiger partial charge in [0.15, 0.2) is 5.65 Å². The number of rotatable bonds is 5. The minimum Gasteiger partial charge on any atom is -0.354 e. The van der Waals surface area contributed by atoms with Crippen molar-refractivity contribution < 1.29 is 0 Å². The van der Waals surface area contributed by atoms with Gasteiger partial charge in [0.25, 0.3) is 5.56 Å². The van der Waals surface area contributed by atoms with Gasteiger partial charge in [-0.05, 0) is 25.1 Å². The molecular formula is C22H24N8O. The maximum absolute atomic E-state index is 12.3. The normalized spacial score (nSPS) is 14.9. The van der Waals surface area contributed by atoms with Crippen LogP contribution in [0.4, 0.5) is 5.82 Å². The van der Waals surface area contributed by atoms with Crippen LogP contribution in [0.2, 0.25) is 0 Å². The molecule has 1 fully saturated rings. The zero-order valence-corrected chi connectivity index (χ0v) is 17.4. The highest BCUT2D eigenvalue weighted by atomic mass is 16.1. The predicted octanol–water partition coefficient (Wildman–Crippen LogP) is 1.48. The van der Waals surface area contributed by atoms with Crippen molar-refractivity contribution in [1.29, 1.82) is 0 Å². The predicted molar refractivity (Wildman–Crippen MR) is 118 cm³/mol. The Hall–Kier alpha value is -3.59. The van der Waals surface area contributed by atoms with E-state index in [1.165, 1.54) is 0 Å². The number of nitrogens with zero attached hydrogens (tertiary/aromatic N) is 8. The molecule has 0 bridgehead atoms. The molecule has 5 rings (SSSR count). The van der Waals surface area contributed by atoms with Gasteiger partial charge in [0.1, 0.15) is 5.82 Å². The Morgan fingerprint density at radius 2 is 1.87 bits per heavy atom. The number of piperazine rings is 1. The highest BCUT2D eigenvalue weighted by Gasteiger charge is 2.20. The first-order chi connectivity index (χ1) is 15.2. The fourth-order valence-electron chi connectivity index (χ4n) is 3.96. The summed E-state index contributed by atoms with van der Waals surface area (Å²) in [6.07, 6.45) is 5.27. The maximum atomic E-state index is 12.3. The molecule has 0 aromatic carbocycles. The van der Waals surface area contributed by atoms with Crippen LogP contribution in [0.5, 0.6) is 0 Å². The van der Waals surface area contributed by atoms with Crippen molar-refractivity contribution in [3.05, 3.63) is 71.0 Å². The molecule has 0 N–H and O–H groups in total. The Morgan fingerprint density at radius 1 is 1.00 bits per heavy atom. The van der Waals surface area contributed by atoms with Crippen molar-refractivity contribution in [2.24, 2.45) is 0 Å². The van der Waals surface area contributed by atoms with Crippen LogP contribution in [0.1, 0.15) is 5.69 Å². The number of fused-ring (bicyclic) bond motifs is 1. The molecule has 0 amide bonds. The molecule has 158 valence electrons. The van der Waals surface area contributed by atoms with E-state index in [0.29, 0.717) is 6.54 Å². The minimum atomic E-state index is -0.0837. The average Bonchev–Trinajstić information content (AvgIpc) is 3.27. The van der Waals surface area contributed by atoms with Gasteiger partial charge in [-0.3, -0.25) is 14.7 Å². The Morgan fingerprint density at radius 3 is 2.68 bits per heavy atom. The number of hydrogen-bond acceptors (Lipinski definition) is 7. The second-order valence-corrected chi connectivity index (χ2v) is 7.71. The van der Waals surface area contributed by atoms with E-state index in [-0.39, 0.29) is 5.56 Å². The Bertz CT molecular complexity index is 1240. The molecule has 0 aliphatic carbocycles. The average molecular weight is 416 g/mol. The second-order valence-electron chi connectivity index (χ2n) is 7.71. The molecule has 0 spiro atoms. The van der Waals surface area contributed by atoms with Crippen molar-refractivity contribution in [3.63, 3.8) is 0 Å². The highest BCUT2D eigenvalue weighted by Crippen LogP contribution is 2.19. The highest BCUT2D eigenvalue weighted by molar-refractivity contribution is 5.56. The SMILES string of the molecule is Cc1cc(N2CCN(CCn3nc(-c4cccnc4)ccc3=O)CC2)n2nccc2n1. The summed E-state index contributed by atoms with van der Waals surface area (Å²) in [6, 6.07) is 11.2. The molecule has 4 aromatic heterocycles. The summed E-state index contributed by atoms with van der Waals surface area (Å²) < 4.78 is 3.45. The standard InChI is InChI=1S/C22H24N8O/c1-17-15-21(30-20(25-17)6-8-24-30)28-12-9-27(10-13-28)11-14-29-22(31)5-4-19(26-29)18-3-2-7-23-16-18/h2-8,15-16H,9-14H2,1H3. The molecule has 9 nitrogen and oxygen atoms in total. The smallest absolute Gasteiger partial charge is 0.266 e. The summed E-state index contributed by atoms with van der Waals surface area (Å²) in [6.45, 7) is 6.99. The summed E-state index contributed by atoms with van der Waals surface area (Å²) in [7, 11) is 0. The molecule has 5 heterocycles. The number of anilines is 1. The molecule has 1 aliphatic heterocycles. The van der Waals surface area contributed by atoms with Gasteiger partial charge >= 0.3 is 0 Å². The van der Waals surface area contributed by atoms with Gasteiger partial charge in [0.05, 0.1) is 18.4 Å². The molecular weight excluding hydrogens is 392 g/mol. The lowest BCUT2D eigenvalue weighted by Gasteiger charge is -2.36. The number of aryl methyl sites for hydroxylation is 1. The molecule has 31 heavy (non-hydrogen) atoms. The van der Waals surface area contributed by atoms with Crippen LogP contribution in [0.15, 0.2) is 59.8 Å². The Labute approximate surface area is 179 Å². The number of hydrogen-bond donors (Lipinski definition) is 0. The Kier molecular flexibility index (Phi) is 5.17. The van der Waals surface area contributed by atoms with E-state index in [1.54, 1.807) is 35.4 Å². The van der Waals surface area contributed by atoms with E-state index in [1.807, 2.05) is 29.6 Å². The van der Waals surface area contributed by atoms with Crippen molar-refractivity contribution in [3.8, 4) is 11.3 Å². The topological polar surface area (TPSA) is 84.5 Å². The summed E-state index contributed by atoms with van der Waals surface area (Å²) in [5, 5.41) is 8.96. The zero-order valence-electron chi connectivity index (χ0n) is 17.4. The largest absolute Gasteiger partial charge is 0.354 e. The van der Waals surface area contributed by atoms with E-state index in [9.17, 15) is 4.79 Å². The second kappa shape index (κ2) is 8.27. The summed E-state index contributed by atoms with van der Waals surface area (Å²) in [4.78, 5) is 25.7. The van der Waals surface area contributed by atoms with Gasteiger partial charge in [-0.2, -0.15) is 14.7 Å². The number of aromatic nitrogens is 6. The third-order valence-electron chi connectivity index (χ3n) is 5.62. The minimum absolute atomic E-state index is 0.0837. The van der Waals surface area contributed by atoms with Crippen molar-refractivity contribution in [2.45, 2.75) is 13.5 Å². The molecule has 0 saturated carbocycles. The lowest BCUT2D eigenvalue weighted by Crippen LogP contribution is -2.48. The monoisotopic (exact) mass is 416 g/mol. The van der Waals surface area contributed by atoms with Crippen LogP contribution in [0, 0.1) is 6.92 Å². The van der Waals surface area contributed by atoms with Crippen molar-refractivity contribution in [2.75, 3.05) is 37.6 Å². The van der Waals surface area contributed by atoms with Gasteiger partial charge in [-0.1, -0.05) is 0 Å². The van der Waals surface area contributed by atoms with Gasteiger partial charge in [0.2, 0.25) is 0 Å². The fraction of sp³-hybridized carbons (Fsp3) is 0.318. The first kappa shape index (κ1) is 19.4. The van der Waals surface area contributed by atoms with Crippen molar-refractivity contribution in [1.82, 2.24) is 34.3 Å². The van der Waals surface area contributed by atoms with Crippen LogP contribution >= 0.6 is 0 Å². The molecule has 1 aliphatic rings. The van der Waals surface area contributed by atoms with E-state index >= 15 is 0 Å². The van der Waals surface area contributed by atoms with E-state index in [0.717, 1.165) is 61.1 Å². The maximum Gasteiger partial charge on any atom is 0.266 e. The first-order valence-electron chi connectivity index (χ1n) is 10.4. The summed E-state index contributed by atoms with van der Waals surface area (Å²) >= 11 is 0. The molecule has 0 unspecified atom stereocenters. The van der Waals surface area contributed by atoms with E-state index in [4.69, 9.17) is 0 Å². The van der Waals surface area contributed by atoms with E-state index in [2.05, 4.69) is 36.0 Å². The molecule has 4 aromatic rings. The van der Waals surface area contributed by atoms with Gasteiger partial charge < -0.3 is 4.90 Å². The quantitative estimate of drug-likeness (QED) is 0.487. The van der Waals surface area contributed by atoms with Crippen LogP contribution in [0.3, 0.4) is 0 Å². The first-order valence-corrected chi connectivity index (χ1v) is 10.4. The van der Waals surface area contributed by atoms with Crippen LogP contribution in [0.25, 0.3) is 16.9 Å². The third-order valence-corrected chi connectivity index (χ3v) is 5.62. The van der Waals surface area contributed by atoms with Crippen LogP contribution < -0.4 is 10.5 Å². The van der Waals surface area contributed by atoms with Crippen molar-refractivity contribution >= 4 is 11.5 Å². The molecule has 0 radical (unpaired) electrons. The number of pyridine rings is 1. The third kappa shape index (κ3) is 4.04. The van der Waals surface area contributed by atoms with Crippen LogP contribution in [-0.4, -0.2) is 67.0 Å². The van der Waals surface area contributed by atoms with Crippen LogP contribution in [-0.2, 0) is 6.54 Å². The van der Waals surface area contributed by atoms with E-state index < -0.39 is 0 Å². The molecule has 9 heteroatoms. The van der Waals surface area contributed by atoms with Gasteiger partial charge in [0, 0.05) is 74.6 Å². The molecule has 1 saturated heterocycles. The Balaban J connectivity index is 1.24. The lowest BCUT2D eigenvalue weighted by atomic mass is 10.2. The summed E-state index contributed by atoms with van der Waals surface area (Å²) in [5.74, 6) is 1.08. The van der Waals surface area contributed by atoms with Gasteiger partial charge in [-0.25, -0.2) is 9.67 Å². The summed E-state index contributed by atoms with van der Waals surface area (Å²) in [5.41, 5.74) is 3.44. The zero-order chi connectivity index (χ0) is 21.2.